The summed E-state index contributed by atoms with van der Waals surface area (Å²) in [6.45, 7) is -0.439. The second kappa shape index (κ2) is 4.65. The lowest BCUT2D eigenvalue weighted by atomic mass is 9.97. The van der Waals surface area contributed by atoms with Crippen molar-refractivity contribution in [1.82, 2.24) is 0 Å². The quantitative estimate of drug-likeness (QED) is 0.465. The predicted molar refractivity (Wildman–Crippen MR) is 56.6 cm³/mol. The molecule has 3 saturated heterocycles. The van der Waals surface area contributed by atoms with Crippen LogP contribution < -0.4 is 0 Å². The fraction of sp³-hybridized carbons (Fsp3) is 0.909. The van der Waals surface area contributed by atoms with Gasteiger partial charge in [0.2, 0.25) is 5.79 Å². The molecule has 0 aromatic heterocycles. The minimum Gasteiger partial charge on any atom is -0.430 e. The van der Waals surface area contributed by atoms with E-state index in [0.29, 0.717) is 6.42 Å². The van der Waals surface area contributed by atoms with Gasteiger partial charge in [0.15, 0.2) is 6.29 Å². The van der Waals surface area contributed by atoms with E-state index in [1.54, 1.807) is 0 Å². The first-order valence-electron chi connectivity index (χ1n) is 6.18. The van der Waals surface area contributed by atoms with E-state index in [0.717, 1.165) is 0 Å². The SMILES string of the molecule is O=C1CC[C@@]2(CO[C@H]3O[C@H](CO)[C@H](O)[C@H](O)[C@H]3O2)O1. The van der Waals surface area contributed by atoms with E-state index in [-0.39, 0.29) is 19.0 Å². The summed E-state index contributed by atoms with van der Waals surface area (Å²) >= 11 is 0. The molecule has 6 atom stereocenters. The van der Waals surface area contributed by atoms with Crippen molar-refractivity contribution in [3.63, 3.8) is 0 Å². The highest BCUT2D eigenvalue weighted by atomic mass is 16.8. The third kappa shape index (κ3) is 2.14. The second-order valence-corrected chi connectivity index (χ2v) is 4.98. The van der Waals surface area contributed by atoms with Gasteiger partial charge in [0.1, 0.15) is 31.0 Å². The van der Waals surface area contributed by atoms with Crippen molar-refractivity contribution in [3.8, 4) is 0 Å². The van der Waals surface area contributed by atoms with E-state index in [2.05, 4.69) is 0 Å². The highest BCUT2D eigenvalue weighted by Gasteiger charge is 2.56. The average Bonchev–Trinajstić information content (AvgIpc) is 2.76. The van der Waals surface area contributed by atoms with Gasteiger partial charge in [0.05, 0.1) is 13.0 Å². The number of hydrogen-bond donors (Lipinski definition) is 3. The minimum absolute atomic E-state index is 0.000864. The second-order valence-electron chi connectivity index (χ2n) is 4.98. The first-order chi connectivity index (χ1) is 9.04. The van der Waals surface area contributed by atoms with Crippen LogP contribution in [0.15, 0.2) is 0 Å². The van der Waals surface area contributed by atoms with Gasteiger partial charge in [-0.2, -0.15) is 0 Å². The van der Waals surface area contributed by atoms with Crippen molar-refractivity contribution in [2.45, 2.75) is 49.3 Å². The van der Waals surface area contributed by atoms with E-state index in [1.807, 2.05) is 0 Å². The van der Waals surface area contributed by atoms with Crippen LogP contribution in [0.2, 0.25) is 0 Å². The Morgan fingerprint density at radius 1 is 1.32 bits per heavy atom. The Labute approximate surface area is 108 Å². The number of carbonyl (C=O) groups is 1. The Kier molecular flexibility index (Phi) is 3.24. The van der Waals surface area contributed by atoms with Crippen LogP contribution in [0.25, 0.3) is 0 Å². The summed E-state index contributed by atoms with van der Waals surface area (Å²) in [6, 6.07) is 0. The van der Waals surface area contributed by atoms with E-state index >= 15 is 0 Å². The molecule has 0 amide bonds. The smallest absolute Gasteiger partial charge is 0.308 e. The van der Waals surface area contributed by atoms with Crippen LogP contribution in [-0.2, 0) is 23.7 Å². The molecule has 3 aliphatic rings. The summed E-state index contributed by atoms with van der Waals surface area (Å²) in [5.74, 6) is -1.59. The molecule has 0 unspecified atom stereocenters. The molecular formula is C11H16O8. The summed E-state index contributed by atoms with van der Waals surface area (Å²) in [5.41, 5.74) is 0. The largest absolute Gasteiger partial charge is 0.430 e. The van der Waals surface area contributed by atoms with Crippen LogP contribution in [0.4, 0.5) is 0 Å². The van der Waals surface area contributed by atoms with Crippen LogP contribution in [0.5, 0.6) is 0 Å². The monoisotopic (exact) mass is 276 g/mol. The number of ether oxygens (including phenoxy) is 4. The number of hydrogen-bond acceptors (Lipinski definition) is 8. The number of aliphatic hydroxyl groups excluding tert-OH is 3. The van der Waals surface area contributed by atoms with Crippen molar-refractivity contribution in [2.75, 3.05) is 13.2 Å². The van der Waals surface area contributed by atoms with Crippen LogP contribution in [-0.4, -0.2) is 71.0 Å². The Hall–Kier alpha value is -0.770. The summed E-state index contributed by atoms with van der Waals surface area (Å²) in [7, 11) is 0. The topological polar surface area (TPSA) is 115 Å². The predicted octanol–water partition coefficient (Wildman–Crippen LogP) is -2.13. The first-order valence-corrected chi connectivity index (χ1v) is 6.18. The van der Waals surface area contributed by atoms with Crippen molar-refractivity contribution in [1.29, 1.82) is 0 Å². The Morgan fingerprint density at radius 2 is 2.11 bits per heavy atom. The highest BCUT2D eigenvalue weighted by Crippen LogP contribution is 2.38. The highest BCUT2D eigenvalue weighted by molar-refractivity contribution is 5.72. The molecule has 3 rings (SSSR count). The number of esters is 1. The van der Waals surface area contributed by atoms with Gasteiger partial charge in [-0.3, -0.25) is 4.79 Å². The summed E-state index contributed by atoms with van der Waals surface area (Å²) in [5, 5.41) is 28.8. The normalized spacial score (nSPS) is 50.1. The van der Waals surface area contributed by atoms with E-state index in [4.69, 9.17) is 24.1 Å². The number of rotatable bonds is 1. The molecule has 0 aromatic rings. The van der Waals surface area contributed by atoms with E-state index in [1.165, 1.54) is 0 Å². The minimum atomic E-state index is -1.29. The van der Waals surface area contributed by atoms with Gasteiger partial charge in [0.25, 0.3) is 0 Å². The first kappa shape index (κ1) is 13.2. The Morgan fingerprint density at radius 3 is 2.74 bits per heavy atom. The van der Waals surface area contributed by atoms with Gasteiger partial charge in [-0.25, -0.2) is 0 Å². The maximum Gasteiger partial charge on any atom is 0.308 e. The Balaban J connectivity index is 1.75. The molecule has 3 fully saturated rings. The molecule has 0 saturated carbocycles. The number of aliphatic hydroxyl groups is 3. The zero-order valence-electron chi connectivity index (χ0n) is 10.1. The van der Waals surface area contributed by atoms with Gasteiger partial charge in [-0.1, -0.05) is 0 Å². The average molecular weight is 276 g/mol. The van der Waals surface area contributed by atoms with Crippen molar-refractivity contribution < 1.29 is 39.1 Å². The lowest BCUT2D eigenvalue weighted by Crippen LogP contribution is -2.65. The van der Waals surface area contributed by atoms with Crippen LogP contribution in [0, 0.1) is 0 Å². The molecular weight excluding hydrogens is 260 g/mol. The van der Waals surface area contributed by atoms with Gasteiger partial charge in [0, 0.05) is 6.42 Å². The Bertz CT molecular complexity index is 372. The molecule has 0 bridgehead atoms. The summed E-state index contributed by atoms with van der Waals surface area (Å²) in [6.07, 6.45) is -4.81. The third-order valence-electron chi connectivity index (χ3n) is 3.65. The number of carbonyl (C=O) groups excluding carboxylic acids is 1. The van der Waals surface area contributed by atoms with Crippen LogP contribution in [0.1, 0.15) is 12.8 Å². The molecule has 0 aliphatic carbocycles. The van der Waals surface area contributed by atoms with Gasteiger partial charge in [-0.05, 0) is 0 Å². The molecule has 3 aliphatic heterocycles. The maximum absolute atomic E-state index is 11.2. The van der Waals surface area contributed by atoms with Crippen molar-refractivity contribution in [3.05, 3.63) is 0 Å². The van der Waals surface area contributed by atoms with Gasteiger partial charge < -0.3 is 34.3 Å². The standard InChI is InChI=1S/C11H16O8/c12-3-5-7(14)8(15)9-10(17-5)16-4-11(19-9)2-1-6(13)18-11/h5,7-10,12,14-15H,1-4H2/t5-,7+,8+,9-,10+,11-/m1/s1. The fourth-order valence-electron chi connectivity index (χ4n) is 2.59. The van der Waals surface area contributed by atoms with Gasteiger partial charge in [-0.15, -0.1) is 0 Å². The molecule has 8 heteroatoms. The lowest BCUT2D eigenvalue weighted by Gasteiger charge is -2.48. The fourth-order valence-corrected chi connectivity index (χ4v) is 2.59. The molecule has 3 heterocycles. The molecule has 1 spiro atoms. The molecule has 0 aromatic carbocycles. The zero-order chi connectivity index (χ0) is 13.6. The zero-order valence-corrected chi connectivity index (χ0v) is 10.1. The summed E-state index contributed by atoms with van der Waals surface area (Å²) in [4.78, 5) is 11.2. The van der Waals surface area contributed by atoms with E-state index < -0.39 is 43.1 Å². The van der Waals surface area contributed by atoms with Crippen LogP contribution in [0.3, 0.4) is 0 Å². The lowest BCUT2D eigenvalue weighted by molar-refractivity contribution is -0.400. The van der Waals surface area contributed by atoms with E-state index in [9.17, 15) is 15.0 Å². The van der Waals surface area contributed by atoms with Crippen molar-refractivity contribution in [2.24, 2.45) is 0 Å². The van der Waals surface area contributed by atoms with Gasteiger partial charge >= 0.3 is 5.97 Å². The summed E-state index contributed by atoms with van der Waals surface area (Å²) < 4.78 is 21.4. The maximum atomic E-state index is 11.2. The van der Waals surface area contributed by atoms with Crippen LogP contribution >= 0.6 is 0 Å². The number of fused-ring (bicyclic) bond motifs is 1. The molecule has 8 nitrogen and oxygen atoms in total. The molecule has 3 N–H and O–H groups in total. The third-order valence-corrected chi connectivity index (χ3v) is 3.65. The van der Waals surface area contributed by atoms with Crippen molar-refractivity contribution >= 4 is 5.97 Å². The molecule has 19 heavy (non-hydrogen) atoms. The molecule has 0 radical (unpaired) electrons. The molecule has 108 valence electrons.